The van der Waals surface area contributed by atoms with E-state index in [0.717, 1.165) is 35.9 Å². The molecule has 0 aliphatic heterocycles. The molecule has 3 rings (SSSR count). The second-order valence-corrected chi connectivity index (χ2v) is 10.2. The predicted octanol–water partition coefficient (Wildman–Crippen LogP) is 5.54. The standard InChI is InChI=1S/C29H34ClF3N4O4/c1-5-24-26(37-27(36-24)16(2)34-18(4)39)20-8-6-19(7-9-20)14-22(12-13-38)35-28(40)21-10-11-25(23(30)15-21)41-17(3)29(31,32)33/h6-11,15-17,22,38H,5,12-14H2,1-4H3,(H,34,39)(H,35,40)(H,36,37). The van der Waals surface area contributed by atoms with Gasteiger partial charge in [0.05, 0.1) is 16.8 Å². The van der Waals surface area contributed by atoms with E-state index in [-0.39, 0.29) is 41.3 Å². The molecule has 3 atom stereocenters. The van der Waals surface area contributed by atoms with Crippen LogP contribution in [0, 0.1) is 0 Å². The van der Waals surface area contributed by atoms with Crippen molar-refractivity contribution in [3.63, 3.8) is 0 Å². The summed E-state index contributed by atoms with van der Waals surface area (Å²) in [4.78, 5) is 32.3. The zero-order chi connectivity index (χ0) is 30.3. The number of ether oxygens (including phenoxy) is 1. The zero-order valence-corrected chi connectivity index (χ0v) is 24.0. The van der Waals surface area contributed by atoms with Crippen LogP contribution >= 0.6 is 11.6 Å². The molecule has 2 aromatic carbocycles. The topological polar surface area (TPSA) is 116 Å². The average molecular weight is 595 g/mol. The number of aliphatic hydroxyl groups excluding tert-OH is 1. The summed E-state index contributed by atoms with van der Waals surface area (Å²) < 4.78 is 43.3. The van der Waals surface area contributed by atoms with E-state index in [9.17, 15) is 27.9 Å². The maximum Gasteiger partial charge on any atom is 0.425 e. The molecule has 0 bridgehead atoms. The number of aliphatic hydroxyl groups is 1. The van der Waals surface area contributed by atoms with Crippen molar-refractivity contribution in [3.05, 3.63) is 70.1 Å². The molecule has 4 N–H and O–H groups in total. The molecule has 0 radical (unpaired) electrons. The van der Waals surface area contributed by atoms with Crippen LogP contribution in [0.15, 0.2) is 42.5 Å². The van der Waals surface area contributed by atoms with Crippen molar-refractivity contribution in [2.45, 2.75) is 71.3 Å². The summed E-state index contributed by atoms with van der Waals surface area (Å²) in [5, 5.41) is 15.1. The average Bonchev–Trinajstić information content (AvgIpc) is 3.34. The van der Waals surface area contributed by atoms with E-state index in [2.05, 4.69) is 15.6 Å². The monoisotopic (exact) mass is 594 g/mol. The Bertz CT molecular complexity index is 1340. The molecule has 1 aromatic heterocycles. The van der Waals surface area contributed by atoms with E-state index in [1.54, 1.807) is 0 Å². The maximum atomic E-state index is 12.9. The van der Waals surface area contributed by atoms with Crippen LogP contribution in [0.5, 0.6) is 5.75 Å². The van der Waals surface area contributed by atoms with Gasteiger partial charge in [-0.05, 0) is 56.9 Å². The lowest BCUT2D eigenvalue weighted by Crippen LogP contribution is -2.37. The van der Waals surface area contributed by atoms with Crippen LogP contribution in [0.2, 0.25) is 5.02 Å². The maximum absolute atomic E-state index is 12.9. The summed E-state index contributed by atoms with van der Waals surface area (Å²) in [7, 11) is 0. The molecule has 0 saturated heterocycles. The summed E-state index contributed by atoms with van der Waals surface area (Å²) in [6.07, 6.45) is -5.18. The van der Waals surface area contributed by atoms with Crippen LogP contribution in [0.1, 0.15) is 67.6 Å². The SMILES string of the molecule is CCc1[nH]c(C(C)NC(C)=O)nc1-c1ccc(CC(CCO)NC(=O)c2ccc(OC(C)C(F)(F)F)c(Cl)c2)cc1. The number of halogens is 4. The summed E-state index contributed by atoms with van der Waals surface area (Å²) in [5.74, 6) is -0.148. The third-order valence-corrected chi connectivity index (χ3v) is 6.76. The molecular weight excluding hydrogens is 561 g/mol. The van der Waals surface area contributed by atoms with Crippen molar-refractivity contribution in [1.82, 2.24) is 20.6 Å². The van der Waals surface area contributed by atoms with E-state index in [1.165, 1.54) is 25.1 Å². The number of hydrogen-bond acceptors (Lipinski definition) is 5. The third kappa shape index (κ3) is 8.71. The van der Waals surface area contributed by atoms with Crippen LogP contribution in [-0.2, 0) is 17.6 Å². The minimum atomic E-state index is -4.55. The van der Waals surface area contributed by atoms with E-state index in [4.69, 9.17) is 21.3 Å². The van der Waals surface area contributed by atoms with Crippen molar-refractivity contribution in [3.8, 4) is 17.0 Å². The molecule has 0 spiro atoms. The number of hydrogen-bond donors (Lipinski definition) is 4. The van der Waals surface area contributed by atoms with Crippen molar-refractivity contribution in [2.24, 2.45) is 0 Å². The minimum Gasteiger partial charge on any atom is -0.480 e. The molecule has 12 heteroatoms. The number of H-pyrrole nitrogens is 1. The minimum absolute atomic E-state index is 0.123. The van der Waals surface area contributed by atoms with Crippen LogP contribution in [0.4, 0.5) is 13.2 Å². The van der Waals surface area contributed by atoms with Gasteiger partial charge >= 0.3 is 6.18 Å². The van der Waals surface area contributed by atoms with Gasteiger partial charge in [-0.2, -0.15) is 13.2 Å². The van der Waals surface area contributed by atoms with Crippen molar-refractivity contribution in [2.75, 3.05) is 6.61 Å². The number of amides is 2. The number of aryl methyl sites for hydroxylation is 1. The van der Waals surface area contributed by atoms with Crippen LogP contribution in [0.3, 0.4) is 0 Å². The van der Waals surface area contributed by atoms with E-state index < -0.39 is 24.2 Å². The van der Waals surface area contributed by atoms with Gasteiger partial charge in [0.2, 0.25) is 5.91 Å². The molecule has 2 amide bonds. The lowest BCUT2D eigenvalue weighted by Gasteiger charge is -2.20. The molecular formula is C29H34ClF3N4O4. The molecule has 41 heavy (non-hydrogen) atoms. The molecule has 0 fully saturated rings. The van der Waals surface area contributed by atoms with Crippen LogP contribution < -0.4 is 15.4 Å². The van der Waals surface area contributed by atoms with Gasteiger partial charge in [0.25, 0.3) is 5.91 Å². The van der Waals surface area contributed by atoms with Gasteiger partial charge in [0.1, 0.15) is 11.6 Å². The predicted molar refractivity (Wildman–Crippen MR) is 150 cm³/mol. The number of rotatable bonds is 12. The fraction of sp³-hybridized carbons (Fsp3) is 0.414. The van der Waals surface area contributed by atoms with Crippen molar-refractivity contribution >= 4 is 23.4 Å². The van der Waals surface area contributed by atoms with Gasteiger partial charge in [0.15, 0.2) is 6.10 Å². The Hall–Kier alpha value is -3.57. The highest BCUT2D eigenvalue weighted by Gasteiger charge is 2.38. The molecule has 0 aliphatic rings. The van der Waals surface area contributed by atoms with Gasteiger partial charge in [-0.25, -0.2) is 4.98 Å². The first-order valence-electron chi connectivity index (χ1n) is 13.2. The van der Waals surface area contributed by atoms with Crippen LogP contribution in [-0.4, -0.2) is 51.8 Å². The van der Waals surface area contributed by atoms with Crippen molar-refractivity contribution < 1.29 is 32.6 Å². The highest BCUT2D eigenvalue weighted by molar-refractivity contribution is 6.32. The lowest BCUT2D eigenvalue weighted by atomic mass is 10.00. The summed E-state index contributed by atoms with van der Waals surface area (Å²) >= 11 is 6.08. The molecule has 0 aliphatic carbocycles. The van der Waals surface area contributed by atoms with E-state index in [0.29, 0.717) is 12.2 Å². The summed E-state index contributed by atoms with van der Waals surface area (Å²) in [6.45, 7) is 6.03. The first kappa shape index (κ1) is 32.0. The number of nitrogens with one attached hydrogen (secondary N) is 3. The fourth-order valence-corrected chi connectivity index (χ4v) is 4.46. The van der Waals surface area contributed by atoms with Gasteiger partial charge in [-0.15, -0.1) is 0 Å². The van der Waals surface area contributed by atoms with Gasteiger partial charge in [-0.3, -0.25) is 9.59 Å². The number of imidazole rings is 1. The molecule has 222 valence electrons. The quantitative estimate of drug-likeness (QED) is 0.220. The number of alkyl halides is 3. The first-order valence-corrected chi connectivity index (χ1v) is 13.6. The molecule has 0 saturated carbocycles. The number of nitrogens with zero attached hydrogens (tertiary/aromatic N) is 1. The largest absolute Gasteiger partial charge is 0.480 e. The fourth-order valence-electron chi connectivity index (χ4n) is 4.23. The Morgan fingerprint density at radius 3 is 2.37 bits per heavy atom. The third-order valence-electron chi connectivity index (χ3n) is 6.46. The molecule has 3 unspecified atom stereocenters. The smallest absolute Gasteiger partial charge is 0.425 e. The van der Waals surface area contributed by atoms with E-state index >= 15 is 0 Å². The molecule has 8 nitrogen and oxygen atoms in total. The Labute approximate surface area is 241 Å². The van der Waals surface area contributed by atoms with Gasteiger partial charge in [0, 0.05) is 36.4 Å². The Morgan fingerprint density at radius 1 is 1.12 bits per heavy atom. The first-order chi connectivity index (χ1) is 19.3. The number of aromatic nitrogens is 2. The highest BCUT2D eigenvalue weighted by atomic mass is 35.5. The number of aromatic amines is 1. The number of carbonyl (C=O) groups is 2. The Balaban J connectivity index is 1.70. The molecule has 3 aromatic rings. The number of carbonyl (C=O) groups excluding carboxylic acids is 2. The zero-order valence-electron chi connectivity index (χ0n) is 23.2. The van der Waals surface area contributed by atoms with Gasteiger partial charge in [-0.1, -0.05) is 42.8 Å². The van der Waals surface area contributed by atoms with Gasteiger partial charge < -0.3 is 25.5 Å². The van der Waals surface area contributed by atoms with E-state index in [1.807, 2.05) is 38.1 Å². The lowest BCUT2D eigenvalue weighted by molar-refractivity contribution is -0.189. The normalized spacial score (nSPS) is 13.8. The summed E-state index contributed by atoms with van der Waals surface area (Å²) in [5.41, 5.74) is 3.69. The second-order valence-electron chi connectivity index (χ2n) is 9.76. The summed E-state index contributed by atoms with van der Waals surface area (Å²) in [6, 6.07) is 10.8. The van der Waals surface area contributed by atoms with Crippen LogP contribution in [0.25, 0.3) is 11.3 Å². The second kappa shape index (κ2) is 13.9. The van der Waals surface area contributed by atoms with Crippen molar-refractivity contribution in [1.29, 1.82) is 0 Å². The molecule has 1 heterocycles. The Kier molecular flexibility index (Phi) is 10.8. The highest BCUT2D eigenvalue weighted by Crippen LogP contribution is 2.31. The number of benzene rings is 2. The Morgan fingerprint density at radius 2 is 1.80 bits per heavy atom.